The zero-order chi connectivity index (χ0) is 14.0. The van der Waals surface area contributed by atoms with Gasteiger partial charge in [-0.3, -0.25) is 9.69 Å². The van der Waals surface area contributed by atoms with Crippen molar-refractivity contribution in [3.63, 3.8) is 0 Å². The Bertz CT molecular complexity index is 452. The van der Waals surface area contributed by atoms with Gasteiger partial charge in [-0.25, -0.2) is 4.98 Å². The van der Waals surface area contributed by atoms with Gasteiger partial charge in [0.15, 0.2) is 0 Å². The Labute approximate surface area is 115 Å². The lowest BCUT2D eigenvalue weighted by molar-refractivity contribution is -0.116. The molecule has 0 spiro atoms. The van der Waals surface area contributed by atoms with Crippen LogP contribution in [-0.2, 0) is 11.3 Å². The minimum atomic E-state index is 0.00784. The maximum absolute atomic E-state index is 11.3. The van der Waals surface area contributed by atoms with E-state index in [0.717, 1.165) is 43.0 Å². The normalized spacial score (nSPS) is 16.5. The van der Waals surface area contributed by atoms with Crippen molar-refractivity contribution >= 4 is 11.7 Å². The van der Waals surface area contributed by atoms with Gasteiger partial charge in [-0.05, 0) is 24.0 Å². The zero-order valence-corrected chi connectivity index (χ0v) is 12.3. The average molecular weight is 261 g/mol. The molecule has 0 unspecified atom stereocenters. The maximum atomic E-state index is 11.3. The van der Waals surface area contributed by atoms with Crippen molar-refractivity contribution in [2.75, 3.05) is 25.0 Å². The van der Waals surface area contributed by atoms with Gasteiger partial charge in [0.2, 0.25) is 5.91 Å². The van der Waals surface area contributed by atoms with Crippen LogP contribution < -0.4 is 4.90 Å². The van der Waals surface area contributed by atoms with Crippen LogP contribution in [0.15, 0.2) is 18.2 Å². The molecular weight excluding hydrogens is 238 g/mol. The molecule has 0 radical (unpaired) electrons. The molecule has 1 saturated heterocycles. The van der Waals surface area contributed by atoms with E-state index in [9.17, 15) is 4.79 Å². The quantitative estimate of drug-likeness (QED) is 0.833. The van der Waals surface area contributed by atoms with Crippen molar-refractivity contribution in [1.29, 1.82) is 0 Å². The molecule has 2 rings (SSSR count). The van der Waals surface area contributed by atoms with Gasteiger partial charge in [0, 0.05) is 33.6 Å². The van der Waals surface area contributed by atoms with Gasteiger partial charge >= 0.3 is 0 Å². The van der Waals surface area contributed by atoms with Crippen molar-refractivity contribution in [2.45, 2.75) is 27.3 Å². The van der Waals surface area contributed by atoms with Crippen molar-refractivity contribution < 1.29 is 4.79 Å². The first-order valence-electron chi connectivity index (χ1n) is 6.90. The topological polar surface area (TPSA) is 36.4 Å². The molecule has 2 heterocycles. The van der Waals surface area contributed by atoms with E-state index in [-0.39, 0.29) is 5.91 Å². The van der Waals surface area contributed by atoms with E-state index >= 15 is 0 Å². The molecule has 1 amide bonds. The molecule has 0 atom stereocenters. The molecule has 0 N–H and O–H groups in total. The Balaban J connectivity index is 1.95. The number of carbonyl (C=O) groups is 1. The van der Waals surface area contributed by atoms with Crippen LogP contribution in [0.3, 0.4) is 0 Å². The van der Waals surface area contributed by atoms with Crippen molar-refractivity contribution in [2.24, 2.45) is 11.8 Å². The maximum Gasteiger partial charge on any atom is 0.224 e. The molecule has 0 aromatic carbocycles. The summed E-state index contributed by atoms with van der Waals surface area (Å²) in [4.78, 5) is 19.9. The highest BCUT2D eigenvalue weighted by Crippen LogP contribution is 2.24. The third-order valence-corrected chi connectivity index (χ3v) is 3.92. The monoisotopic (exact) mass is 261 g/mol. The summed E-state index contributed by atoms with van der Waals surface area (Å²) < 4.78 is 0. The summed E-state index contributed by atoms with van der Waals surface area (Å²) in [6.07, 6.45) is 0. The van der Waals surface area contributed by atoms with Crippen molar-refractivity contribution in [3.05, 3.63) is 23.9 Å². The second-order valence-electron chi connectivity index (χ2n) is 5.76. The number of nitrogens with zero attached hydrogens (tertiary/aromatic N) is 3. The third-order valence-electron chi connectivity index (χ3n) is 3.92. The Hall–Kier alpha value is -1.42. The summed E-state index contributed by atoms with van der Waals surface area (Å²) >= 11 is 0. The van der Waals surface area contributed by atoms with Gasteiger partial charge in [-0.2, -0.15) is 0 Å². The van der Waals surface area contributed by atoms with Gasteiger partial charge in [0.05, 0.1) is 5.69 Å². The first-order chi connectivity index (χ1) is 8.97. The summed E-state index contributed by atoms with van der Waals surface area (Å²) in [5.74, 6) is 2.32. The molecular formula is C15H23N3O. The zero-order valence-electron chi connectivity index (χ0n) is 12.3. The van der Waals surface area contributed by atoms with E-state index in [1.54, 1.807) is 18.9 Å². The summed E-state index contributed by atoms with van der Waals surface area (Å²) in [6.45, 7) is 9.31. The standard InChI is InChI=1S/C15H23N3O/c1-11(2)13-8-18(9-13)10-14-6-5-7-15(16-14)17(4)12(3)19/h5-7,11,13H,8-10H2,1-4H3. The highest BCUT2D eigenvalue weighted by molar-refractivity contribution is 5.89. The highest BCUT2D eigenvalue weighted by atomic mass is 16.2. The van der Waals surface area contributed by atoms with Gasteiger partial charge in [-0.15, -0.1) is 0 Å². The number of hydrogen-bond donors (Lipinski definition) is 0. The van der Waals surface area contributed by atoms with Crippen LogP contribution in [0, 0.1) is 11.8 Å². The molecule has 1 aliphatic rings. The molecule has 0 aliphatic carbocycles. The fraction of sp³-hybridized carbons (Fsp3) is 0.600. The summed E-state index contributed by atoms with van der Waals surface area (Å²) in [6, 6.07) is 5.87. The lowest BCUT2D eigenvalue weighted by atomic mass is 9.88. The second kappa shape index (κ2) is 5.70. The van der Waals surface area contributed by atoms with E-state index in [1.807, 2.05) is 18.2 Å². The van der Waals surface area contributed by atoms with E-state index in [0.29, 0.717) is 0 Å². The van der Waals surface area contributed by atoms with Crippen molar-refractivity contribution in [3.8, 4) is 0 Å². The fourth-order valence-corrected chi connectivity index (χ4v) is 2.29. The first kappa shape index (κ1) is 14.0. The minimum Gasteiger partial charge on any atom is -0.300 e. The van der Waals surface area contributed by atoms with Crippen molar-refractivity contribution in [1.82, 2.24) is 9.88 Å². The minimum absolute atomic E-state index is 0.00784. The van der Waals surface area contributed by atoms with E-state index in [2.05, 4.69) is 23.7 Å². The molecule has 1 aromatic rings. The second-order valence-corrected chi connectivity index (χ2v) is 5.76. The van der Waals surface area contributed by atoms with Crippen LogP contribution in [0.25, 0.3) is 0 Å². The van der Waals surface area contributed by atoms with Crippen LogP contribution in [0.5, 0.6) is 0 Å². The SMILES string of the molecule is CC(=O)N(C)c1cccc(CN2CC(C(C)C)C2)n1. The number of anilines is 1. The molecule has 19 heavy (non-hydrogen) atoms. The highest BCUT2D eigenvalue weighted by Gasteiger charge is 2.28. The molecule has 4 nitrogen and oxygen atoms in total. The number of likely N-dealkylation sites (tertiary alicyclic amines) is 1. The number of carbonyl (C=O) groups excluding carboxylic acids is 1. The van der Waals surface area contributed by atoms with Crippen LogP contribution in [0.1, 0.15) is 26.5 Å². The van der Waals surface area contributed by atoms with Crippen LogP contribution in [-0.4, -0.2) is 35.9 Å². The average Bonchev–Trinajstić information content (AvgIpc) is 2.32. The van der Waals surface area contributed by atoms with Gasteiger partial charge < -0.3 is 4.90 Å². The van der Waals surface area contributed by atoms with Gasteiger partial charge in [-0.1, -0.05) is 19.9 Å². The molecule has 104 valence electrons. The third kappa shape index (κ3) is 3.32. The van der Waals surface area contributed by atoms with E-state index < -0.39 is 0 Å². The van der Waals surface area contributed by atoms with Crippen LogP contribution in [0.2, 0.25) is 0 Å². The first-order valence-corrected chi connectivity index (χ1v) is 6.90. The van der Waals surface area contributed by atoms with Crippen LogP contribution >= 0.6 is 0 Å². The molecule has 0 saturated carbocycles. The predicted octanol–water partition coefficient (Wildman–Crippen LogP) is 2.15. The summed E-state index contributed by atoms with van der Waals surface area (Å²) in [5, 5.41) is 0. The number of amides is 1. The summed E-state index contributed by atoms with van der Waals surface area (Å²) in [7, 11) is 1.76. The molecule has 1 aromatic heterocycles. The lowest BCUT2D eigenvalue weighted by Gasteiger charge is -2.41. The smallest absolute Gasteiger partial charge is 0.224 e. The largest absolute Gasteiger partial charge is 0.300 e. The van der Waals surface area contributed by atoms with Gasteiger partial charge in [0.25, 0.3) is 0 Å². The summed E-state index contributed by atoms with van der Waals surface area (Å²) in [5.41, 5.74) is 1.04. The van der Waals surface area contributed by atoms with E-state index in [4.69, 9.17) is 0 Å². The molecule has 1 fully saturated rings. The fourth-order valence-electron chi connectivity index (χ4n) is 2.29. The number of rotatable bonds is 4. The number of aromatic nitrogens is 1. The predicted molar refractivity (Wildman–Crippen MR) is 76.9 cm³/mol. The Kier molecular flexibility index (Phi) is 4.20. The Morgan fingerprint density at radius 2 is 2.16 bits per heavy atom. The number of hydrogen-bond acceptors (Lipinski definition) is 3. The number of pyridine rings is 1. The Morgan fingerprint density at radius 1 is 1.47 bits per heavy atom. The molecule has 0 bridgehead atoms. The van der Waals surface area contributed by atoms with Gasteiger partial charge in [0.1, 0.15) is 5.82 Å². The van der Waals surface area contributed by atoms with E-state index in [1.165, 1.54) is 0 Å². The molecule has 1 aliphatic heterocycles. The lowest BCUT2D eigenvalue weighted by Crippen LogP contribution is -2.48. The van der Waals surface area contributed by atoms with Crippen LogP contribution in [0.4, 0.5) is 5.82 Å². The molecule has 4 heteroatoms. The Morgan fingerprint density at radius 3 is 2.74 bits per heavy atom.